The molecule has 1 aromatic rings. The van der Waals surface area contributed by atoms with E-state index in [1.807, 2.05) is 14.0 Å². The maximum atomic E-state index is 5.20. The van der Waals surface area contributed by atoms with Gasteiger partial charge in [-0.25, -0.2) is 4.68 Å². The topological polar surface area (TPSA) is 64.9 Å². The fraction of sp³-hybridized carbons (Fsp3) is 0.875. The summed E-state index contributed by atoms with van der Waals surface area (Å²) >= 11 is 1.64. The van der Waals surface area contributed by atoms with E-state index in [1.54, 1.807) is 16.4 Å². The SMILES string of the molecule is CCOCCNCCSc1nnnn1C. The Morgan fingerprint density at radius 1 is 1.47 bits per heavy atom. The summed E-state index contributed by atoms with van der Waals surface area (Å²) in [6.07, 6.45) is 0. The van der Waals surface area contributed by atoms with Crippen molar-refractivity contribution in [2.24, 2.45) is 7.05 Å². The van der Waals surface area contributed by atoms with Crippen molar-refractivity contribution < 1.29 is 4.74 Å². The molecule has 1 N–H and O–H groups in total. The van der Waals surface area contributed by atoms with Crippen LogP contribution in [0.3, 0.4) is 0 Å². The lowest BCUT2D eigenvalue weighted by Gasteiger charge is -2.03. The maximum absolute atomic E-state index is 5.20. The molecule has 0 saturated heterocycles. The van der Waals surface area contributed by atoms with Crippen LogP contribution < -0.4 is 5.32 Å². The minimum absolute atomic E-state index is 0.771. The summed E-state index contributed by atoms with van der Waals surface area (Å²) in [5, 5.41) is 15.3. The smallest absolute Gasteiger partial charge is 0.209 e. The largest absolute Gasteiger partial charge is 0.380 e. The maximum Gasteiger partial charge on any atom is 0.209 e. The Balaban J connectivity index is 1.96. The first-order valence-electron chi connectivity index (χ1n) is 4.98. The lowest BCUT2D eigenvalue weighted by atomic mass is 10.6. The predicted octanol–water partition coefficient (Wildman–Crippen LogP) is -0.0717. The van der Waals surface area contributed by atoms with Gasteiger partial charge in [-0.05, 0) is 17.4 Å². The van der Waals surface area contributed by atoms with Gasteiger partial charge < -0.3 is 10.1 Å². The van der Waals surface area contributed by atoms with Crippen molar-refractivity contribution >= 4 is 11.8 Å². The van der Waals surface area contributed by atoms with Crippen LogP contribution in [0.1, 0.15) is 6.92 Å². The molecule has 0 amide bonds. The summed E-state index contributed by atoms with van der Waals surface area (Å²) in [7, 11) is 1.84. The second-order valence-electron chi connectivity index (χ2n) is 2.88. The normalized spacial score (nSPS) is 10.8. The van der Waals surface area contributed by atoms with E-state index >= 15 is 0 Å². The van der Waals surface area contributed by atoms with Crippen molar-refractivity contribution in [2.45, 2.75) is 12.1 Å². The van der Waals surface area contributed by atoms with Crippen LogP contribution in [-0.2, 0) is 11.8 Å². The van der Waals surface area contributed by atoms with Gasteiger partial charge in [-0.2, -0.15) is 0 Å². The molecule has 0 aromatic carbocycles. The lowest BCUT2D eigenvalue weighted by Crippen LogP contribution is -2.22. The molecule has 6 nitrogen and oxygen atoms in total. The van der Waals surface area contributed by atoms with Crippen LogP contribution in [0.5, 0.6) is 0 Å². The molecule has 0 atom stereocenters. The highest BCUT2D eigenvalue weighted by molar-refractivity contribution is 7.99. The molecule has 0 aliphatic carbocycles. The Bertz CT molecular complexity index is 267. The average Bonchev–Trinajstić information content (AvgIpc) is 2.63. The first-order valence-corrected chi connectivity index (χ1v) is 5.96. The van der Waals surface area contributed by atoms with Gasteiger partial charge in [0.05, 0.1) is 6.61 Å². The summed E-state index contributed by atoms with van der Waals surface area (Å²) in [5.74, 6) is 0.959. The van der Waals surface area contributed by atoms with Crippen molar-refractivity contribution in [3.63, 3.8) is 0 Å². The highest BCUT2D eigenvalue weighted by Crippen LogP contribution is 2.10. The zero-order chi connectivity index (χ0) is 10.9. The Kier molecular flexibility index (Phi) is 6.29. The van der Waals surface area contributed by atoms with E-state index in [9.17, 15) is 0 Å². The number of tetrazole rings is 1. The van der Waals surface area contributed by atoms with Crippen molar-refractivity contribution in [3.8, 4) is 0 Å². The monoisotopic (exact) mass is 231 g/mol. The first-order chi connectivity index (χ1) is 7.34. The highest BCUT2D eigenvalue weighted by atomic mass is 32.2. The number of ether oxygens (including phenoxy) is 1. The Labute approximate surface area is 93.8 Å². The molecule has 0 fully saturated rings. The van der Waals surface area contributed by atoms with Crippen LogP contribution in [0, 0.1) is 0 Å². The van der Waals surface area contributed by atoms with E-state index in [2.05, 4.69) is 20.8 Å². The van der Waals surface area contributed by atoms with Gasteiger partial charge >= 0.3 is 0 Å². The van der Waals surface area contributed by atoms with Gasteiger partial charge in [0, 0.05) is 32.5 Å². The van der Waals surface area contributed by atoms with Crippen molar-refractivity contribution in [2.75, 3.05) is 32.1 Å². The molecule has 7 heteroatoms. The Morgan fingerprint density at radius 2 is 2.33 bits per heavy atom. The van der Waals surface area contributed by atoms with Crippen LogP contribution in [-0.4, -0.2) is 52.3 Å². The lowest BCUT2D eigenvalue weighted by molar-refractivity contribution is 0.150. The third-order valence-corrected chi connectivity index (χ3v) is 2.73. The average molecular weight is 231 g/mol. The molecule has 0 unspecified atom stereocenters. The molecule has 0 spiro atoms. The molecule has 0 aliphatic heterocycles. The molecule has 0 bridgehead atoms. The van der Waals surface area contributed by atoms with Gasteiger partial charge in [0.1, 0.15) is 0 Å². The Hall–Kier alpha value is -0.660. The third-order valence-electron chi connectivity index (χ3n) is 1.72. The van der Waals surface area contributed by atoms with E-state index in [4.69, 9.17) is 4.74 Å². The molecule has 1 rings (SSSR count). The summed E-state index contributed by atoms with van der Waals surface area (Å²) in [6, 6.07) is 0. The number of hydrogen-bond acceptors (Lipinski definition) is 6. The van der Waals surface area contributed by atoms with Gasteiger partial charge in [-0.1, -0.05) is 11.8 Å². The zero-order valence-corrected chi connectivity index (χ0v) is 9.96. The van der Waals surface area contributed by atoms with Crippen LogP contribution in [0.25, 0.3) is 0 Å². The molecule has 15 heavy (non-hydrogen) atoms. The van der Waals surface area contributed by atoms with E-state index < -0.39 is 0 Å². The van der Waals surface area contributed by atoms with Crippen LogP contribution in [0.4, 0.5) is 0 Å². The Morgan fingerprint density at radius 3 is 3.00 bits per heavy atom. The van der Waals surface area contributed by atoms with Gasteiger partial charge in [-0.3, -0.25) is 0 Å². The molecule has 0 saturated carbocycles. The number of aryl methyl sites for hydroxylation is 1. The third kappa shape index (κ3) is 5.10. The molecule has 1 heterocycles. The van der Waals surface area contributed by atoms with Gasteiger partial charge in [0.2, 0.25) is 5.16 Å². The summed E-state index contributed by atoms with van der Waals surface area (Å²) in [4.78, 5) is 0. The zero-order valence-electron chi connectivity index (χ0n) is 9.14. The predicted molar refractivity (Wildman–Crippen MR) is 58.9 cm³/mol. The molecule has 1 aromatic heterocycles. The minimum atomic E-state index is 0.771. The fourth-order valence-electron chi connectivity index (χ4n) is 0.972. The molecular formula is C8H17N5OS. The van der Waals surface area contributed by atoms with Crippen LogP contribution in [0.15, 0.2) is 5.16 Å². The number of aromatic nitrogens is 4. The number of rotatable bonds is 8. The molecule has 86 valence electrons. The van der Waals surface area contributed by atoms with Crippen molar-refractivity contribution in [1.29, 1.82) is 0 Å². The number of nitrogens with one attached hydrogen (secondary N) is 1. The fourth-order valence-corrected chi connectivity index (χ4v) is 1.72. The number of nitrogens with zero attached hydrogens (tertiary/aromatic N) is 4. The summed E-state index contributed by atoms with van der Waals surface area (Å²) in [6.45, 7) is 5.38. The van der Waals surface area contributed by atoms with Gasteiger partial charge in [-0.15, -0.1) is 5.10 Å². The van der Waals surface area contributed by atoms with Gasteiger partial charge in [0.15, 0.2) is 0 Å². The number of hydrogen-bond donors (Lipinski definition) is 1. The van der Waals surface area contributed by atoms with E-state index in [-0.39, 0.29) is 0 Å². The van der Waals surface area contributed by atoms with Crippen molar-refractivity contribution in [1.82, 2.24) is 25.5 Å². The van der Waals surface area contributed by atoms with E-state index in [1.165, 1.54) is 0 Å². The van der Waals surface area contributed by atoms with E-state index in [0.29, 0.717) is 0 Å². The molecule has 0 aliphatic rings. The molecular weight excluding hydrogens is 214 g/mol. The summed E-state index contributed by atoms with van der Waals surface area (Å²) < 4.78 is 6.87. The second kappa shape index (κ2) is 7.61. The second-order valence-corrected chi connectivity index (χ2v) is 3.94. The van der Waals surface area contributed by atoms with Crippen LogP contribution >= 0.6 is 11.8 Å². The van der Waals surface area contributed by atoms with Gasteiger partial charge in [0.25, 0.3) is 0 Å². The number of thioether (sulfide) groups is 1. The highest BCUT2D eigenvalue weighted by Gasteiger charge is 2.00. The van der Waals surface area contributed by atoms with E-state index in [0.717, 1.165) is 37.2 Å². The molecule has 0 radical (unpaired) electrons. The first kappa shape index (κ1) is 12.4. The quantitative estimate of drug-likeness (QED) is 0.499. The standard InChI is InChI=1S/C8H17N5OS/c1-3-14-6-4-9-5-7-15-8-10-11-12-13(8)2/h9H,3-7H2,1-2H3. The van der Waals surface area contributed by atoms with Crippen LogP contribution in [0.2, 0.25) is 0 Å². The minimum Gasteiger partial charge on any atom is -0.380 e. The summed E-state index contributed by atoms with van der Waals surface area (Å²) in [5.41, 5.74) is 0. The van der Waals surface area contributed by atoms with Crippen molar-refractivity contribution in [3.05, 3.63) is 0 Å².